The second kappa shape index (κ2) is 7.63. The first-order chi connectivity index (χ1) is 7.76. The van der Waals surface area contributed by atoms with Gasteiger partial charge in [0.05, 0.1) is 0 Å². The van der Waals surface area contributed by atoms with Gasteiger partial charge in [0, 0.05) is 19.5 Å². The Bertz CT molecular complexity index is 208. The molecule has 1 amide bonds. The molecule has 1 aliphatic heterocycles. The predicted molar refractivity (Wildman–Crippen MR) is 66.4 cm³/mol. The number of nitrogens with zero attached hydrogens (tertiary/aromatic N) is 1. The Morgan fingerprint density at radius 3 is 2.94 bits per heavy atom. The average molecular weight is 227 g/mol. The van der Waals surface area contributed by atoms with Gasteiger partial charge in [-0.15, -0.1) is 0 Å². The van der Waals surface area contributed by atoms with Crippen LogP contribution in [-0.4, -0.2) is 50.6 Å². The summed E-state index contributed by atoms with van der Waals surface area (Å²) in [5.74, 6) is 0.860. The van der Waals surface area contributed by atoms with E-state index in [1.54, 1.807) is 0 Å². The third-order valence-corrected chi connectivity index (χ3v) is 3.24. The Morgan fingerprint density at radius 1 is 1.50 bits per heavy atom. The molecule has 1 fully saturated rings. The summed E-state index contributed by atoms with van der Waals surface area (Å²) in [5.41, 5.74) is 0. The molecule has 1 unspecified atom stereocenters. The van der Waals surface area contributed by atoms with E-state index in [4.69, 9.17) is 0 Å². The normalized spacial score (nSPS) is 21.2. The highest BCUT2D eigenvalue weighted by Crippen LogP contribution is 2.14. The minimum Gasteiger partial charge on any atom is -0.356 e. The van der Waals surface area contributed by atoms with E-state index in [-0.39, 0.29) is 5.91 Å². The largest absolute Gasteiger partial charge is 0.356 e. The first kappa shape index (κ1) is 13.5. The Labute approximate surface area is 98.8 Å². The van der Waals surface area contributed by atoms with Crippen molar-refractivity contribution in [2.75, 3.05) is 39.8 Å². The highest BCUT2D eigenvalue weighted by Gasteiger charge is 2.21. The van der Waals surface area contributed by atoms with Crippen molar-refractivity contribution in [2.24, 2.45) is 5.92 Å². The van der Waals surface area contributed by atoms with Gasteiger partial charge in [-0.2, -0.15) is 0 Å². The maximum absolute atomic E-state index is 11.5. The topological polar surface area (TPSA) is 44.4 Å². The molecule has 94 valence electrons. The van der Waals surface area contributed by atoms with Crippen LogP contribution in [-0.2, 0) is 4.79 Å². The van der Waals surface area contributed by atoms with Crippen LogP contribution in [0.2, 0.25) is 0 Å². The lowest BCUT2D eigenvalue weighted by atomic mass is 10.1. The smallest absolute Gasteiger partial charge is 0.220 e. The third-order valence-electron chi connectivity index (χ3n) is 3.24. The summed E-state index contributed by atoms with van der Waals surface area (Å²) < 4.78 is 0. The molecule has 1 heterocycles. The number of amides is 1. The third kappa shape index (κ3) is 4.94. The summed E-state index contributed by atoms with van der Waals surface area (Å²) in [5, 5.41) is 6.08. The van der Waals surface area contributed by atoms with Gasteiger partial charge >= 0.3 is 0 Å². The fourth-order valence-corrected chi connectivity index (χ4v) is 2.14. The highest BCUT2D eigenvalue weighted by molar-refractivity contribution is 5.75. The Kier molecular flexibility index (Phi) is 6.42. The first-order valence-electron chi connectivity index (χ1n) is 6.40. The summed E-state index contributed by atoms with van der Waals surface area (Å²) >= 11 is 0. The minimum absolute atomic E-state index is 0.199. The van der Waals surface area contributed by atoms with Crippen LogP contribution in [0.3, 0.4) is 0 Å². The summed E-state index contributed by atoms with van der Waals surface area (Å²) in [6.45, 7) is 7.44. The van der Waals surface area contributed by atoms with Gasteiger partial charge in [-0.25, -0.2) is 0 Å². The molecule has 0 aliphatic carbocycles. The van der Waals surface area contributed by atoms with E-state index in [9.17, 15) is 4.79 Å². The van der Waals surface area contributed by atoms with Crippen molar-refractivity contribution in [3.05, 3.63) is 0 Å². The van der Waals surface area contributed by atoms with Gasteiger partial charge in [-0.05, 0) is 45.4 Å². The van der Waals surface area contributed by atoms with E-state index in [1.165, 1.54) is 13.0 Å². The van der Waals surface area contributed by atoms with Crippen molar-refractivity contribution >= 4 is 5.91 Å². The molecule has 1 aliphatic rings. The monoisotopic (exact) mass is 227 g/mol. The van der Waals surface area contributed by atoms with E-state index in [0.29, 0.717) is 12.3 Å². The number of carbonyl (C=O) groups excluding carboxylic acids is 1. The van der Waals surface area contributed by atoms with Crippen molar-refractivity contribution in [3.63, 3.8) is 0 Å². The Hall–Kier alpha value is -0.610. The fraction of sp³-hybridized carbons (Fsp3) is 0.917. The molecule has 16 heavy (non-hydrogen) atoms. The maximum atomic E-state index is 11.5. The van der Waals surface area contributed by atoms with Crippen LogP contribution in [0.5, 0.6) is 0 Å². The van der Waals surface area contributed by atoms with E-state index >= 15 is 0 Å². The molecule has 1 rings (SSSR count). The molecule has 0 aromatic carbocycles. The number of nitrogens with one attached hydrogen (secondary N) is 2. The second-order valence-electron chi connectivity index (χ2n) is 4.56. The molecule has 4 nitrogen and oxygen atoms in total. The van der Waals surface area contributed by atoms with Crippen molar-refractivity contribution in [1.29, 1.82) is 0 Å². The molecule has 0 radical (unpaired) electrons. The summed E-state index contributed by atoms with van der Waals surface area (Å²) in [4.78, 5) is 13.9. The average Bonchev–Trinajstić information content (AvgIpc) is 2.74. The van der Waals surface area contributed by atoms with Gasteiger partial charge in [0.25, 0.3) is 0 Å². The molecule has 0 spiro atoms. The lowest BCUT2D eigenvalue weighted by Crippen LogP contribution is -2.31. The van der Waals surface area contributed by atoms with Gasteiger partial charge in [0.1, 0.15) is 0 Å². The molecule has 0 aromatic heterocycles. The zero-order valence-electron chi connectivity index (χ0n) is 10.6. The van der Waals surface area contributed by atoms with Gasteiger partial charge in [-0.3, -0.25) is 4.79 Å². The Balaban J connectivity index is 2.04. The van der Waals surface area contributed by atoms with Crippen LogP contribution < -0.4 is 10.6 Å². The molecule has 1 atom stereocenters. The molecule has 2 N–H and O–H groups in total. The van der Waals surface area contributed by atoms with E-state index in [2.05, 4.69) is 22.5 Å². The van der Waals surface area contributed by atoms with Crippen LogP contribution in [0, 0.1) is 5.92 Å². The maximum Gasteiger partial charge on any atom is 0.220 e. The van der Waals surface area contributed by atoms with Crippen molar-refractivity contribution in [1.82, 2.24) is 15.5 Å². The van der Waals surface area contributed by atoms with E-state index < -0.39 is 0 Å². The number of hydrogen-bond donors (Lipinski definition) is 2. The zero-order valence-corrected chi connectivity index (χ0v) is 10.6. The highest BCUT2D eigenvalue weighted by atomic mass is 16.1. The summed E-state index contributed by atoms with van der Waals surface area (Å²) in [6.07, 6.45) is 2.80. The SMILES string of the molecule is CCN1CCC(CNC(=O)CCCNC)C1. The summed E-state index contributed by atoms with van der Waals surface area (Å²) in [6, 6.07) is 0. The zero-order chi connectivity index (χ0) is 11.8. The molecular weight excluding hydrogens is 202 g/mol. The van der Waals surface area contributed by atoms with E-state index in [1.807, 2.05) is 7.05 Å². The molecule has 1 saturated heterocycles. The van der Waals surface area contributed by atoms with Crippen LogP contribution in [0.15, 0.2) is 0 Å². The second-order valence-corrected chi connectivity index (χ2v) is 4.56. The van der Waals surface area contributed by atoms with Crippen molar-refractivity contribution in [2.45, 2.75) is 26.2 Å². The number of likely N-dealkylation sites (tertiary alicyclic amines) is 1. The van der Waals surface area contributed by atoms with Crippen molar-refractivity contribution in [3.8, 4) is 0 Å². The number of rotatable bonds is 7. The number of hydrogen-bond acceptors (Lipinski definition) is 3. The lowest BCUT2D eigenvalue weighted by molar-refractivity contribution is -0.121. The molecular formula is C12H25N3O. The molecule has 4 heteroatoms. The molecule has 0 bridgehead atoms. The minimum atomic E-state index is 0.199. The van der Waals surface area contributed by atoms with Gasteiger partial charge in [-0.1, -0.05) is 6.92 Å². The van der Waals surface area contributed by atoms with Crippen LogP contribution in [0.25, 0.3) is 0 Å². The number of carbonyl (C=O) groups is 1. The van der Waals surface area contributed by atoms with E-state index in [0.717, 1.165) is 32.6 Å². The van der Waals surface area contributed by atoms with Gasteiger partial charge in [0.15, 0.2) is 0 Å². The predicted octanol–water partition coefficient (Wildman–Crippen LogP) is 0.444. The summed E-state index contributed by atoms with van der Waals surface area (Å²) in [7, 11) is 1.91. The standard InChI is InChI=1S/C12H25N3O/c1-3-15-8-6-11(10-15)9-14-12(16)5-4-7-13-2/h11,13H,3-10H2,1-2H3,(H,14,16). The Morgan fingerprint density at radius 2 is 2.31 bits per heavy atom. The lowest BCUT2D eigenvalue weighted by Gasteiger charge is -2.13. The van der Waals surface area contributed by atoms with Crippen LogP contribution >= 0.6 is 0 Å². The van der Waals surface area contributed by atoms with Crippen LogP contribution in [0.1, 0.15) is 26.2 Å². The first-order valence-corrected chi connectivity index (χ1v) is 6.40. The quantitative estimate of drug-likeness (QED) is 0.621. The van der Waals surface area contributed by atoms with Gasteiger partial charge < -0.3 is 15.5 Å². The van der Waals surface area contributed by atoms with Gasteiger partial charge in [0.2, 0.25) is 5.91 Å². The molecule has 0 saturated carbocycles. The fourth-order valence-electron chi connectivity index (χ4n) is 2.14. The van der Waals surface area contributed by atoms with Crippen molar-refractivity contribution < 1.29 is 4.79 Å². The molecule has 0 aromatic rings. The van der Waals surface area contributed by atoms with Crippen LogP contribution in [0.4, 0.5) is 0 Å².